The van der Waals surface area contributed by atoms with E-state index in [0.717, 1.165) is 4.47 Å². The summed E-state index contributed by atoms with van der Waals surface area (Å²) in [5, 5.41) is 12.2. The molecule has 0 bridgehead atoms. The van der Waals surface area contributed by atoms with Gasteiger partial charge in [-0.25, -0.2) is 0 Å². The summed E-state index contributed by atoms with van der Waals surface area (Å²) in [5.41, 5.74) is 7.70. The summed E-state index contributed by atoms with van der Waals surface area (Å²) in [4.78, 5) is 10.8. The number of amides is 1. The predicted molar refractivity (Wildman–Crippen MR) is 71.2 cm³/mol. The van der Waals surface area contributed by atoms with Crippen molar-refractivity contribution in [3.8, 4) is 11.8 Å². The van der Waals surface area contributed by atoms with E-state index in [9.17, 15) is 4.79 Å². The van der Waals surface area contributed by atoms with Crippen molar-refractivity contribution in [2.45, 2.75) is 6.92 Å². The van der Waals surface area contributed by atoms with Gasteiger partial charge in [-0.05, 0) is 35.0 Å². The molecule has 7 heteroatoms. The molecule has 0 heterocycles. The SMILES string of the molecule is CCOc1cc(N/N=C(\C#N)C(N)=O)ccc1Br. The van der Waals surface area contributed by atoms with Crippen molar-refractivity contribution in [3.63, 3.8) is 0 Å². The Hall–Kier alpha value is -2.07. The summed E-state index contributed by atoms with van der Waals surface area (Å²) in [5.74, 6) is -0.248. The van der Waals surface area contributed by atoms with Crippen molar-refractivity contribution >= 4 is 33.2 Å². The highest BCUT2D eigenvalue weighted by molar-refractivity contribution is 9.10. The summed E-state index contributed by atoms with van der Waals surface area (Å²) in [6, 6.07) is 6.76. The standard InChI is InChI=1S/C11H11BrN4O2/c1-2-18-10-5-7(3-4-8(10)12)15-16-9(6-13)11(14)17/h3-5,15H,2H2,1H3,(H2,14,17)/b16-9+. The number of anilines is 1. The molecule has 0 aliphatic carbocycles. The zero-order valence-corrected chi connectivity index (χ0v) is 11.2. The first-order chi connectivity index (χ1) is 8.58. The molecule has 0 aromatic heterocycles. The zero-order chi connectivity index (χ0) is 13.5. The minimum Gasteiger partial charge on any atom is -0.493 e. The van der Waals surface area contributed by atoms with E-state index in [2.05, 4.69) is 26.5 Å². The molecule has 0 radical (unpaired) electrons. The second kappa shape index (κ2) is 6.61. The van der Waals surface area contributed by atoms with E-state index in [0.29, 0.717) is 18.0 Å². The van der Waals surface area contributed by atoms with E-state index >= 15 is 0 Å². The Labute approximate surface area is 113 Å². The molecule has 3 N–H and O–H groups in total. The lowest BCUT2D eigenvalue weighted by Gasteiger charge is -2.07. The van der Waals surface area contributed by atoms with Crippen LogP contribution >= 0.6 is 15.9 Å². The van der Waals surface area contributed by atoms with Gasteiger partial charge in [0.05, 0.1) is 16.8 Å². The third-order valence-corrected chi connectivity index (χ3v) is 2.52. The van der Waals surface area contributed by atoms with Crippen LogP contribution in [0.5, 0.6) is 5.75 Å². The van der Waals surface area contributed by atoms with Gasteiger partial charge in [0.25, 0.3) is 5.91 Å². The summed E-state index contributed by atoms with van der Waals surface area (Å²) < 4.78 is 6.17. The summed E-state index contributed by atoms with van der Waals surface area (Å²) in [6.07, 6.45) is 0. The van der Waals surface area contributed by atoms with Gasteiger partial charge in [-0.3, -0.25) is 10.2 Å². The normalized spacial score (nSPS) is 10.6. The molecule has 0 spiro atoms. The van der Waals surface area contributed by atoms with Crippen LogP contribution in [-0.4, -0.2) is 18.2 Å². The third-order valence-electron chi connectivity index (χ3n) is 1.87. The van der Waals surface area contributed by atoms with Gasteiger partial charge < -0.3 is 10.5 Å². The first-order valence-electron chi connectivity index (χ1n) is 5.04. The molecule has 1 aromatic rings. The van der Waals surface area contributed by atoms with E-state index < -0.39 is 11.6 Å². The van der Waals surface area contributed by atoms with Crippen LogP contribution in [-0.2, 0) is 4.79 Å². The van der Waals surface area contributed by atoms with Crippen molar-refractivity contribution in [2.75, 3.05) is 12.0 Å². The van der Waals surface area contributed by atoms with Gasteiger partial charge in [0.2, 0.25) is 5.71 Å². The second-order valence-electron chi connectivity index (χ2n) is 3.13. The molecule has 0 saturated carbocycles. The van der Waals surface area contributed by atoms with Crippen LogP contribution in [0.15, 0.2) is 27.8 Å². The number of carbonyl (C=O) groups is 1. The van der Waals surface area contributed by atoms with Crippen molar-refractivity contribution in [1.82, 2.24) is 0 Å². The Bertz CT molecular complexity index is 522. The molecular formula is C11H11BrN4O2. The van der Waals surface area contributed by atoms with Gasteiger partial charge >= 0.3 is 0 Å². The molecule has 1 aromatic carbocycles. The Morgan fingerprint density at radius 1 is 1.67 bits per heavy atom. The number of nitriles is 1. The fourth-order valence-corrected chi connectivity index (χ4v) is 1.46. The van der Waals surface area contributed by atoms with Gasteiger partial charge in [-0.15, -0.1) is 0 Å². The van der Waals surface area contributed by atoms with Crippen LogP contribution in [0.1, 0.15) is 6.92 Å². The first kappa shape index (κ1) is 14.0. The van der Waals surface area contributed by atoms with E-state index in [1.165, 1.54) is 0 Å². The molecule has 0 aliphatic heterocycles. The Kier molecular flexibility index (Phi) is 5.14. The molecular weight excluding hydrogens is 300 g/mol. The fourth-order valence-electron chi connectivity index (χ4n) is 1.09. The summed E-state index contributed by atoms with van der Waals surface area (Å²) in [6.45, 7) is 2.39. The molecule has 0 fully saturated rings. The van der Waals surface area contributed by atoms with Gasteiger partial charge in [0, 0.05) is 6.07 Å². The highest BCUT2D eigenvalue weighted by atomic mass is 79.9. The van der Waals surface area contributed by atoms with Gasteiger partial charge in [-0.1, -0.05) is 0 Å². The van der Waals surface area contributed by atoms with Crippen LogP contribution in [0.4, 0.5) is 5.69 Å². The number of primary amides is 1. The largest absolute Gasteiger partial charge is 0.493 e. The minimum atomic E-state index is -0.882. The molecule has 18 heavy (non-hydrogen) atoms. The van der Waals surface area contributed by atoms with Crippen LogP contribution in [0.25, 0.3) is 0 Å². The second-order valence-corrected chi connectivity index (χ2v) is 3.98. The monoisotopic (exact) mass is 310 g/mol. The Balaban J connectivity index is 2.89. The number of nitrogens with two attached hydrogens (primary N) is 1. The average Bonchev–Trinajstić information content (AvgIpc) is 2.33. The molecule has 0 atom stereocenters. The van der Waals surface area contributed by atoms with Crippen molar-refractivity contribution in [3.05, 3.63) is 22.7 Å². The number of hydrazone groups is 1. The van der Waals surface area contributed by atoms with E-state index in [1.807, 2.05) is 6.92 Å². The molecule has 94 valence electrons. The lowest BCUT2D eigenvalue weighted by atomic mass is 10.3. The van der Waals surface area contributed by atoms with E-state index in [4.69, 9.17) is 15.7 Å². The number of ether oxygens (including phenoxy) is 1. The van der Waals surface area contributed by atoms with Crippen molar-refractivity contribution < 1.29 is 9.53 Å². The number of carbonyl (C=O) groups excluding carboxylic acids is 1. The highest BCUT2D eigenvalue weighted by Crippen LogP contribution is 2.28. The van der Waals surface area contributed by atoms with E-state index in [-0.39, 0.29) is 0 Å². The number of rotatable bonds is 5. The number of hydrogen-bond donors (Lipinski definition) is 2. The van der Waals surface area contributed by atoms with Crippen molar-refractivity contribution in [1.29, 1.82) is 5.26 Å². The zero-order valence-electron chi connectivity index (χ0n) is 9.61. The lowest BCUT2D eigenvalue weighted by Crippen LogP contribution is -2.22. The molecule has 0 saturated heterocycles. The highest BCUT2D eigenvalue weighted by Gasteiger charge is 2.06. The van der Waals surface area contributed by atoms with Crippen LogP contribution in [0.3, 0.4) is 0 Å². The Morgan fingerprint density at radius 3 is 2.94 bits per heavy atom. The van der Waals surface area contributed by atoms with Gasteiger partial charge in [0.15, 0.2) is 0 Å². The van der Waals surface area contributed by atoms with Crippen LogP contribution < -0.4 is 15.9 Å². The molecule has 6 nitrogen and oxygen atoms in total. The predicted octanol–water partition coefficient (Wildman–Crippen LogP) is 1.62. The van der Waals surface area contributed by atoms with Gasteiger partial charge in [0.1, 0.15) is 11.8 Å². The number of nitrogens with zero attached hydrogens (tertiary/aromatic N) is 2. The molecule has 1 amide bonds. The average molecular weight is 311 g/mol. The van der Waals surface area contributed by atoms with E-state index in [1.54, 1.807) is 24.3 Å². The number of benzene rings is 1. The Morgan fingerprint density at radius 2 is 2.39 bits per heavy atom. The maximum Gasteiger partial charge on any atom is 0.280 e. The smallest absolute Gasteiger partial charge is 0.280 e. The molecule has 0 unspecified atom stereocenters. The summed E-state index contributed by atoms with van der Waals surface area (Å²) >= 11 is 3.33. The topological polar surface area (TPSA) is 100 Å². The quantitative estimate of drug-likeness (QED) is 0.637. The molecule has 0 aliphatic rings. The maximum absolute atomic E-state index is 10.8. The first-order valence-corrected chi connectivity index (χ1v) is 5.83. The maximum atomic E-state index is 10.8. The number of halogens is 1. The third kappa shape index (κ3) is 3.75. The lowest BCUT2D eigenvalue weighted by molar-refractivity contribution is -0.111. The minimum absolute atomic E-state index is 0.393. The number of nitrogens with one attached hydrogen (secondary N) is 1. The molecule has 1 rings (SSSR count). The van der Waals surface area contributed by atoms with Crippen LogP contribution in [0, 0.1) is 11.3 Å². The van der Waals surface area contributed by atoms with Crippen LogP contribution in [0.2, 0.25) is 0 Å². The number of hydrogen-bond acceptors (Lipinski definition) is 5. The van der Waals surface area contributed by atoms with Gasteiger partial charge in [-0.2, -0.15) is 10.4 Å². The van der Waals surface area contributed by atoms with Crippen molar-refractivity contribution in [2.24, 2.45) is 10.8 Å². The summed E-state index contributed by atoms with van der Waals surface area (Å²) in [7, 11) is 0. The fraction of sp³-hybridized carbons (Fsp3) is 0.182.